The van der Waals surface area contributed by atoms with Gasteiger partial charge in [0, 0.05) is 38.5 Å². The number of ether oxygens (including phenoxy) is 1. The van der Waals surface area contributed by atoms with E-state index in [1.165, 1.54) is 7.11 Å². The zero-order valence-corrected chi connectivity index (χ0v) is 11.1. The zero-order chi connectivity index (χ0) is 13.0. The Kier molecular flexibility index (Phi) is 4.49. The first kappa shape index (κ1) is 13.2. The first-order valence-electron chi connectivity index (χ1n) is 5.95. The molecule has 0 bridgehead atoms. The SMILES string of the molecule is COCC(=O)N1CCCC(c2nccnc2Cl)C1. The molecule has 0 radical (unpaired) electrons. The van der Waals surface area contributed by atoms with Gasteiger partial charge in [-0.3, -0.25) is 9.78 Å². The summed E-state index contributed by atoms with van der Waals surface area (Å²) in [6.07, 6.45) is 5.14. The Hall–Kier alpha value is -1.20. The van der Waals surface area contributed by atoms with E-state index in [-0.39, 0.29) is 18.4 Å². The first-order chi connectivity index (χ1) is 8.72. The van der Waals surface area contributed by atoms with Crippen molar-refractivity contribution < 1.29 is 9.53 Å². The number of carbonyl (C=O) groups is 1. The number of aromatic nitrogens is 2. The molecule has 0 aliphatic carbocycles. The molecule has 2 heterocycles. The van der Waals surface area contributed by atoms with Crippen molar-refractivity contribution in [2.24, 2.45) is 0 Å². The van der Waals surface area contributed by atoms with Gasteiger partial charge in [0.05, 0.1) is 5.69 Å². The third-order valence-electron chi connectivity index (χ3n) is 3.11. The van der Waals surface area contributed by atoms with Crippen LogP contribution in [0, 0.1) is 0 Å². The Morgan fingerprint density at radius 2 is 2.33 bits per heavy atom. The van der Waals surface area contributed by atoms with Crippen LogP contribution < -0.4 is 0 Å². The second-order valence-electron chi connectivity index (χ2n) is 4.34. The molecule has 1 aliphatic rings. The smallest absolute Gasteiger partial charge is 0.248 e. The van der Waals surface area contributed by atoms with Gasteiger partial charge in [0.1, 0.15) is 6.61 Å². The average Bonchev–Trinajstić information content (AvgIpc) is 2.40. The zero-order valence-electron chi connectivity index (χ0n) is 10.3. The van der Waals surface area contributed by atoms with Crippen molar-refractivity contribution in [2.45, 2.75) is 18.8 Å². The second kappa shape index (κ2) is 6.11. The number of hydrogen-bond acceptors (Lipinski definition) is 4. The molecule has 0 N–H and O–H groups in total. The number of halogens is 1. The van der Waals surface area contributed by atoms with Gasteiger partial charge < -0.3 is 9.64 Å². The van der Waals surface area contributed by atoms with Crippen LogP contribution in [0.15, 0.2) is 12.4 Å². The summed E-state index contributed by atoms with van der Waals surface area (Å²) < 4.78 is 4.88. The van der Waals surface area contributed by atoms with Crippen LogP contribution in [0.4, 0.5) is 0 Å². The van der Waals surface area contributed by atoms with Gasteiger partial charge in [-0.1, -0.05) is 11.6 Å². The summed E-state index contributed by atoms with van der Waals surface area (Å²) in [6.45, 7) is 1.54. The highest BCUT2D eigenvalue weighted by molar-refractivity contribution is 6.30. The third kappa shape index (κ3) is 2.97. The van der Waals surface area contributed by atoms with Crippen LogP contribution in [0.1, 0.15) is 24.5 Å². The normalized spacial score (nSPS) is 19.9. The number of likely N-dealkylation sites (tertiary alicyclic amines) is 1. The minimum absolute atomic E-state index is 0.0159. The fourth-order valence-electron chi connectivity index (χ4n) is 2.25. The Morgan fingerprint density at radius 1 is 1.56 bits per heavy atom. The molecule has 0 aromatic carbocycles. The van der Waals surface area contributed by atoms with E-state index >= 15 is 0 Å². The van der Waals surface area contributed by atoms with Gasteiger partial charge in [0.25, 0.3) is 0 Å². The summed E-state index contributed by atoms with van der Waals surface area (Å²) in [7, 11) is 1.53. The molecule has 2 rings (SSSR count). The minimum atomic E-state index is 0.0159. The van der Waals surface area contributed by atoms with Gasteiger partial charge >= 0.3 is 0 Å². The molecule has 0 spiro atoms. The van der Waals surface area contributed by atoms with E-state index in [1.807, 2.05) is 4.90 Å². The van der Waals surface area contributed by atoms with Crippen LogP contribution in [0.25, 0.3) is 0 Å². The topological polar surface area (TPSA) is 55.3 Å². The number of nitrogens with zero attached hydrogens (tertiary/aromatic N) is 3. The van der Waals surface area contributed by atoms with Crippen LogP contribution in [0.3, 0.4) is 0 Å². The van der Waals surface area contributed by atoms with E-state index in [0.29, 0.717) is 11.7 Å². The number of piperidine rings is 1. The number of hydrogen-bond donors (Lipinski definition) is 0. The standard InChI is InChI=1S/C12H16ClN3O2/c1-18-8-10(17)16-6-2-3-9(7-16)11-12(13)15-5-4-14-11/h4-5,9H,2-3,6-8H2,1H3. The van der Waals surface area contributed by atoms with Crippen LogP contribution >= 0.6 is 11.6 Å². The molecule has 1 aromatic rings. The van der Waals surface area contributed by atoms with Gasteiger partial charge in [-0.15, -0.1) is 0 Å². The molecule has 1 atom stereocenters. The molecule has 1 unspecified atom stereocenters. The van der Waals surface area contributed by atoms with E-state index in [0.717, 1.165) is 25.1 Å². The Morgan fingerprint density at radius 3 is 3.06 bits per heavy atom. The molecule has 5 nitrogen and oxygen atoms in total. The highest BCUT2D eigenvalue weighted by Crippen LogP contribution is 2.28. The predicted octanol–water partition coefficient (Wildman–Crippen LogP) is 1.48. The molecule has 6 heteroatoms. The fourth-order valence-corrected chi connectivity index (χ4v) is 2.51. The van der Waals surface area contributed by atoms with Crippen molar-refractivity contribution in [1.82, 2.24) is 14.9 Å². The Labute approximate surface area is 111 Å². The van der Waals surface area contributed by atoms with Crippen LogP contribution in [0.2, 0.25) is 5.15 Å². The number of carbonyl (C=O) groups excluding carboxylic acids is 1. The summed E-state index contributed by atoms with van der Waals surface area (Å²) in [4.78, 5) is 21.9. The van der Waals surface area contributed by atoms with E-state index in [2.05, 4.69) is 9.97 Å². The lowest BCUT2D eigenvalue weighted by Crippen LogP contribution is -2.41. The van der Waals surface area contributed by atoms with Gasteiger partial charge in [-0.2, -0.15) is 0 Å². The van der Waals surface area contributed by atoms with Crippen molar-refractivity contribution in [1.29, 1.82) is 0 Å². The molecule has 18 heavy (non-hydrogen) atoms. The maximum atomic E-state index is 11.8. The third-order valence-corrected chi connectivity index (χ3v) is 3.40. The molecule has 0 saturated carbocycles. The number of rotatable bonds is 3. The minimum Gasteiger partial charge on any atom is -0.375 e. The predicted molar refractivity (Wildman–Crippen MR) is 67.5 cm³/mol. The molecule has 1 fully saturated rings. The summed E-state index contributed by atoms with van der Waals surface area (Å²) in [5.41, 5.74) is 0.786. The lowest BCUT2D eigenvalue weighted by molar-refractivity contribution is -0.136. The maximum Gasteiger partial charge on any atom is 0.248 e. The summed E-state index contributed by atoms with van der Waals surface area (Å²) in [5.74, 6) is 0.183. The quantitative estimate of drug-likeness (QED) is 0.834. The van der Waals surface area contributed by atoms with Gasteiger partial charge in [0.2, 0.25) is 5.91 Å². The van der Waals surface area contributed by atoms with Gasteiger partial charge in [-0.25, -0.2) is 4.98 Å². The van der Waals surface area contributed by atoms with Crippen LogP contribution in [0.5, 0.6) is 0 Å². The van der Waals surface area contributed by atoms with Gasteiger partial charge in [-0.05, 0) is 12.8 Å². The molecule has 1 aromatic heterocycles. The molecule has 1 amide bonds. The van der Waals surface area contributed by atoms with Crippen molar-refractivity contribution in [3.8, 4) is 0 Å². The monoisotopic (exact) mass is 269 g/mol. The lowest BCUT2D eigenvalue weighted by atomic mass is 9.95. The summed E-state index contributed by atoms with van der Waals surface area (Å²) >= 11 is 6.04. The van der Waals surface area contributed by atoms with Crippen molar-refractivity contribution in [3.05, 3.63) is 23.2 Å². The largest absolute Gasteiger partial charge is 0.375 e. The first-order valence-corrected chi connectivity index (χ1v) is 6.33. The summed E-state index contributed by atoms with van der Waals surface area (Å²) in [5, 5.41) is 0.434. The second-order valence-corrected chi connectivity index (χ2v) is 4.70. The van der Waals surface area contributed by atoms with E-state index in [1.54, 1.807) is 12.4 Å². The van der Waals surface area contributed by atoms with Crippen LogP contribution in [-0.4, -0.2) is 47.6 Å². The van der Waals surface area contributed by atoms with Crippen molar-refractivity contribution in [3.63, 3.8) is 0 Å². The molecular formula is C12H16ClN3O2. The molecule has 98 valence electrons. The summed E-state index contributed by atoms with van der Waals surface area (Å²) in [6, 6.07) is 0. The van der Waals surface area contributed by atoms with E-state index in [9.17, 15) is 4.79 Å². The Bertz CT molecular complexity index is 428. The maximum absolute atomic E-state index is 11.8. The molecule has 1 saturated heterocycles. The average molecular weight is 270 g/mol. The highest BCUT2D eigenvalue weighted by atomic mass is 35.5. The van der Waals surface area contributed by atoms with Crippen molar-refractivity contribution >= 4 is 17.5 Å². The Balaban J connectivity index is 2.07. The highest BCUT2D eigenvalue weighted by Gasteiger charge is 2.26. The van der Waals surface area contributed by atoms with E-state index < -0.39 is 0 Å². The van der Waals surface area contributed by atoms with Crippen LogP contribution in [-0.2, 0) is 9.53 Å². The molecular weight excluding hydrogens is 254 g/mol. The number of methoxy groups -OCH3 is 1. The fraction of sp³-hybridized carbons (Fsp3) is 0.583. The molecule has 1 aliphatic heterocycles. The number of amides is 1. The lowest BCUT2D eigenvalue weighted by Gasteiger charge is -2.32. The van der Waals surface area contributed by atoms with E-state index in [4.69, 9.17) is 16.3 Å². The van der Waals surface area contributed by atoms with Crippen molar-refractivity contribution in [2.75, 3.05) is 26.8 Å². The van der Waals surface area contributed by atoms with Gasteiger partial charge in [0.15, 0.2) is 5.15 Å².